The van der Waals surface area contributed by atoms with E-state index in [9.17, 15) is 4.79 Å². The van der Waals surface area contributed by atoms with Gasteiger partial charge in [0.05, 0.1) is 5.56 Å². The van der Waals surface area contributed by atoms with Gasteiger partial charge in [-0.1, -0.05) is 22.0 Å². The summed E-state index contributed by atoms with van der Waals surface area (Å²) in [4.78, 5) is 15.8. The van der Waals surface area contributed by atoms with Crippen LogP contribution in [0.15, 0.2) is 41.0 Å². The van der Waals surface area contributed by atoms with Gasteiger partial charge < -0.3 is 5.32 Å². The van der Waals surface area contributed by atoms with E-state index in [0.717, 1.165) is 15.6 Å². The van der Waals surface area contributed by atoms with Gasteiger partial charge in [-0.25, -0.2) is 4.98 Å². The van der Waals surface area contributed by atoms with Gasteiger partial charge in [0.15, 0.2) is 0 Å². The number of benzene rings is 1. The molecule has 0 aliphatic heterocycles. The van der Waals surface area contributed by atoms with Gasteiger partial charge >= 0.3 is 0 Å². The third-order valence-corrected chi connectivity index (χ3v) is 3.38. The standard InChI is InChI=1S/C15H12BrN3O/c1-10-2-4-13(16)6-12(10)9-19-15(20)11-3-5-14(7-17)18-8-11/h2-6,8H,9H2,1H3,(H,19,20). The number of amides is 1. The number of rotatable bonds is 3. The average Bonchev–Trinajstić information content (AvgIpc) is 2.48. The first-order valence-electron chi connectivity index (χ1n) is 5.99. The number of nitrogens with one attached hydrogen (secondary N) is 1. The number of halogens is 1. The second kappa shape index (κ2) is 6.31. The van der Waals surface area contributed by atoms with E-state index in [0.29, 0.717) is 17.8 Å². The first-order chi connectivity index (χ1) is 9.60. The highest BCUT2D eigenvalue weighted by atomic mass is 79.9. The molecular formula is C15H12BrN3O. The molecule has 20 heavy (non-hydrogen) atoms. The van der Waals surface area contributed by atoms with E-state index < -0.39 is 0 Å². The van der Waals surface area contributed by atoms with Crippen molar-refractivity contribution in [2.45, 2.75) is 13.5 Å². The van der Waals surface area contributed by atoms with Crippen LogP contribution >= 0.6 is 15.9 Å². The Kier molecular flexibility index (Phi) is 4.49. The van der Waals surface area contributed by atoms with Crippen molar-refractivity contribution in [3.05, 3.63) is 63.4 Å². The van der Waals surface area contributed by atoms with Gasteiger partial charge in [0, 0.05) is 17.2 Å². The summed E-state index contributed by atoms with van der Waals surface area (Å²) >= 11 is 3.41. The summed E-state index contributed by atoms with van der Waals surface area (Å²) in [5.41, 5.74) is 2.90. The molecule has 1 aromatic heterocycles. The van der Waals surface area contributed by atoms with E-state index in [1.54, 1.807) is 6.07 Å². The zero-order chi connectivity index (χ0) is 14.5. The van der Waals surface area contributed by atoms with Crippen molar-refractivity contribution in [1.29, 1.82) is 5.26 Å². The molecule has 0 fully saturated rings. The van der Waals surface area contributed by atoms with Crippen LogP contribution in [0.4, 0.5) is 0 Å². The van der Waals surface area contributed by atoms with E-state index in [1.807, 2.05) is 31.2 Å². The van der Waals surface area contributed by atoms with Crippen molar-refractivity contribution in [3.8, 4) is 6.07 Å². The Labute approximate surface area is 125 Å². The largest absolute Gasteiger partial charge is 0.348 e. The smallest absolute Gasteiger partial charge is 0.253 e. The third kappa shape index (κ3) is 3.43. The molecule has 0 saturated carbocycles. The zero-order valence-corrected chi connectivity index (χ0v) is 12.4. The minimum absolute atomic E-state index is 0.207. The summed E-state index contributed by atoms with van der Waals surface area (Å²) in [5, 5.41) is 11.5. The number of aryl methyl sites for hydroxylation is 1. The molecular weight excluding hydrogens is 318 g/mol. The number of hydrogen-bond acceptors (Lipinski definition) is 3. The molecule has 0 aliphatic rings. The van der Waals surface area contributed by atoms with Gasteiger partial charge in [0.2, 0.25) is 0 Å². The molecule has 2 rings (SSSR count). The normalized spacial score (nSPS) is 9.85. The minimum Gasteiger partial charge on any atom is -0.348 e. The molecule has 0 bridgehead atoms. The van der Waals surface area contributed by atoms with Crippen LogP contribution < -0.4 is 5.32 Å². The Morgan fingerprint density at radius 3 is 2.85 bits per heavy atom. The number of nitrogens with zero attached hydrogens (tertiary/aromatic N) is 2. The Morgan fingerprint density at radius 2 is 2.20 bits per heavy atom. The Balaban J connectivity index is 2.04. The van der Waals surface area contributed by atoms with Gasteiger partial charge in [-0.3, -0.25) is 4.79 Å². The summed E-state index contributed by atoms with van der Waals surface area (Å²) < 4.78 is 0.979. The van der Waals surface area contributed by atoms with Crippen molar-refractivity contribution in [2.24, 2.45) is 0 Å². The Hall–Kier alpha value is -2.19. The summed E-state index contributed by atoms with van der Waals surface area (Å²) in [5.74, 6) is -0.207. The van der Waals surface area contributed by atoms with Crippen LogP contribution in [0.3, 0.4) is 0 Å². The summed E-state index contributed by atoms with van der Waals surface area (Å²) in [7, 11) is 0. The fourth-order valence-corrected chi connectivity index (χ4v) is 2.11. The van der Waals surface area contributed by atoms with Gasteiger partial charge in [-0.15, -0.1) is 0 Å². The lowest BCUT2D eigenvalue weighted by atomic mass is 10.1. The van der Waals surface area contributed by atoms with Gasteiger partial charge in [0.1, 0.15) is 11.8 Å². The maximum atomic E-state index is 12.0. The summed E-state index contributed by atoms with van der Waals surface area (Å²) in [6, 6.07) is 11.0. The molecule has 2 aromatic rings. The van der Waals surface area contributed by atoms with Crippen LogP contribution in [-0.4, -0.2) is 10.9 Å². The fraction of sp³-hybridized carbons (Fsp3) is 0.133. The lowest BCUT2D eigenvalue weighted by Crippen LogP contribution is -2.23. The average molecular weight is 330 g/mol. The monoisotopic (exact) mass is 329 g/mol. The van der Waals surface area contributed by atoms with E-state index >= 15 is 0 Å². The van der Waals surface area contributed by atoms with Crippen molar-refractivity contribution < 1.29 is 4.79 Å². The highest BCUT2D eigenvalue weighted by Gasteiger charge is 2.07. The molecule has 1 N–H and O–H groups in total. The predicted molar refractivity (Wildman–Crippen MR) is 79.0 cm³/mol. The molecule has 0 saturated heterocycles. The number of aromatic nitrogens is 1. The first-order valence-corrected chi connectivity index (χ1v) is 6.79. The maximum absolute atomic E-state index is 12.0. The molecule has 100 valence electrons. The van der Waals surface area contributed by atoms with Crippen molar-refractivity contribution in [1.82, 2.24) is 10.3 Å². The van der Waals surface area contributed by atoms with Crippen LogP contribution in [-0.2, 0) is 6.54 Å². The lowest BCUT2D eigenvalue weighted by molar-refractivity contribution is 0.0950. The molecule has 0 atom stereocenters. The van der Waals surface area contributed by atoms with Gasteiger partial charge in [-0.2, -0.15) is 5.26 Å². The second-order valence-corrected chi connectivity index (χ2v) is 5.21. The molecule has 1 heterocycles. The molecule has 0 radical (unpaired) electrons. The predicted octanol–water partition coefficient (Wildman–Crippen LogP) is 2.95. The van der Waals surface area contributed by atoms with Crippen molar-refractivity contribution in [3.63, 3.8) is 0 Å². The van der Waals surface area contributed by atoms with Crippen LogP contribution in [0.25, 0.3) is 0 Å². The Bertz CT molecular complexity index is 675. The van der Waals surface area contributed by atoms with Gasteiger partial charge in [-0.05, 0) is 42.3 Å². The minimum atomic E-state index is -0.207. The number of hydrogen-bond donors (Lipinski definition) is 1. The molecule has 0 aliphatic carbocycles. The third-order valence-electron chi connectivity index (χ3n) is 2.89. The van der Waals surface area contributed by atoms with Crippen LogP contribution in [0.1, 0.15) is 27.2 Å². The van der Waals surface area contributed by atoms with Crippen LogP contribution in [0, 0.1) is 18.3 Å². The Morgan fingerprint density at radius 1 is 1.40 bits per heavy atom. The molecule has 4 nitrogen and oxygen atoms in total. The molecule has 0 unspecified atom stereocenters. The van der Waals surface area contributed by atoms with E-state index in [-0.39, 0.29) is 5.91 Å². The highest BCUT2D eigenvalue weighted by Crippen LogP contribution is 2.16. The van der Waals surface area contributed by atoms with Crippen LogP contribution in [0.5, 0.6) is 0 Å². The van der Waals surface area contributed by atoms with Gasteiger partial charge in [0.25, 0.3) is 5.91 Å². The molecule has 1 amide bonds. The van der Waals surface area contributed by atoms with E-state index in [2.05, 4.69) is 26.2 Å². The van der Waals surface area contributed by atoms with E-state index in [1.165, 1.54) is 12.3 Å². The van der Waals surface area contributed by atoms with E-state index in [4.69, 9.17) is 5.26 Å². The summed E-state index contributed by atoms with van der Waals surface area (Å²) in [6.07, 6.45) is 1.40. The van der Waals surface area contributed by atoms with Crippen molar-refractivity contribution >= 4 is 21.8 Å². The zero-order valence-electron chi connectivity index (χ0n) is 10.9. The lowest BCUT2D eigenvalue weighted by Gasteiger charge is -2.08. The highest BCUT2D eigenvalue weighted by molar-refractivity contribution is 9.10. The molecule has 5 heteroatoms. The number of carbonyl (C=O) groups is 1. The second-order valence-electron chi connectivity index (χ2n) is 4.30. The number of nitriles is 1. The quantitative estimate of drug-likeness (QED) is 0.941. The topological polar surface area (TPSA) is 65.8 Å². The first kappa shape index (κ1) is 14.2. The van der Waals surface area contributed by atoms with Crippen molar-refractivity contribution in [2.75, 3.05) is 0 Å². The maximum Gasteiger partial charge on any atom is 0.253 e. The summed E-state index contributed by atoms with van der Waals surface area (Å²) in [6.45, 7) is 2.45. The fourth-order valence-electron chi connectivity index (χ4n) is 1.70. The SMILES string of the molecule is Cc1ccc(Br)cc1CNC(=O)c1ccc(C#N)nc1. The molecule has 0 spiro atoms. The molecule has 1 aromatic carbocycles. The van der Waals surface area contributed by atoms with Crippen LogP contribution in [0.2, 0.25) is 0 Å². The number of carbonyl (C=O) groups excluding carboxylic acids is 1. The number of pyridine rings is 1.